The smallest absolute Gasteiger partial charge is 0.0786 e. The molecule has 1 atom stereocenters. The molecule has 0 bridgehead atoms. The van der Waals surface area contributed by atoms with Crippen molar-refractivity contribution in [3.63, 3.8) is 0 Å². The molecular weight excluding hydrogens is 166 g/mol. The van der Waals surface area contributed by atoms with E-state index in [0.29, 0.717) is 5.37 Å². The van der Waals surface area contributed by atoms with Crippen LogP contribution in [0.1, 0.15) is 39.5 Å². The zero-order valence-electron chi connectivity index (χ0n) is 7.89. The molecule has 2 rings (SSSR count). The lowest BCUT2D eigenvalue weighted by molar-refractivity contribution is 0.542. The average Bonchev–Trinajstić information content (AvgIpc) is 2.46. The van der Waals surface area contributed by atoms with Crippen molar-refractivity contribution in [2.45, 2.75) is 44.9 Å². The van der Waals surface area contributed by atoms with Gasteiger partial charge in [-0.1, -0.05) is 13.8 Å². The maximum atomic E-state index is 3.63. The number of nitrogens with one attached hydrogen (secondary N) is 1. The molecule has 0 saturated heterocycles. The monoisotopic (exact) mass is 183 g/mol. The van der Waals surface area contributed by atoms with E-state index in [1.165, 1.54) is 25.7 Å². The number of hydrogen-bond acceptors (Lipinski definition) is 2. The molecule has 2 aliphatic rings. The van der Waals surface area contributed by atoms with Gasteiger partial charge in [0.1, 0.15) is 0 Å². The molecule has 12 heavy (non-hydrogen) atoms. The zero-order valence-corrected chi connectivity index (χ0v) is 8.71. The van der Waals surface area contributed by atoms with E-state index in [0.717, 1.165) is 5.92 Å². The largest absolute Gasteiger partial charge is 0.375 e. The summed E-state index contributed by atoms with van der Waals surface area (Å²) in [5.74, 6) is 0.751. The van der Waals surface area contributed by atoms with Crippen molar-refractivity contribution in [2.24, 2.45) is 5.92 Å². The lowest BCUT2D eigenvalue weighted by atomic mass is 10.0. The van der Waals surface area contributed by atoms with E-state index < -0.39 is 0 Å². The molecular formula is C10H17NS. The van der Waals surface area contributed by atoms with E-state index in [1.807, 2.05) is 0 Å². The van der Waals surface area contributed by atoms with E-state index in [-0.39, 0.29) is 0 Å². The third-order valence-corrected chi connectivity index (χ3v) is 4.26. The Hall–Kier alpha value is -0.110. The lowest BCUT2D eigenvalue weighted by Crippen LogP contribution is -2.25. The molecule has 68 valence electrons. The fourth-order valence-electron chi connectivity index (χ4n) is 1.82. The van der Waals surface area contributed by atoms with Crippen molar-refractivity contribution in [1.82, 2.24) is 5.32 Å². The Balaban J connectivity index is 2.02. The highest BCUT2D eigenvalue weighted by Crippen LogP contribution is 2.41. The summed E-state index contributed by atoms with van der Waals surface area (Å²) in [4.78, 5) is 1.65. The van der Waals surface area contributed by atoms with Crippen LogP contribution in [0.15, 0.2) is 10.6 Å². The summed E-state index contributed by atoms with van der Waals surface area (Å²) in [6, 6.07) is 0. The second-order valence-electron chi connectivity index (χ2n) is 4.04. The predicted octanol–water partition coefficient (Wildman–Crippen LogP) is 3.09. The Labute approximate surface area is 79.0 Å². The van der Waals surface area contributed by atoms with Crippen LogP contribution in [0, 0.1) is 5.92 Å². The fraction of sp³-hybridized carbons (Fsp3) is 0.800. The molecule has 1 aliphatic carbocycles. The van der Waals surface area contributed by atoms with Crippen LogP contribution < -0.4 is 5.32 Å². The van der Waals surface area contributed by atoms with Crippen molar-refractivity contribution in [1.29, 1.82) is 0 Å². The maximum absolute atomic E-state index is 3.63. The molecule has 1 nitrogen and oxygen atoms in total. The summed E-state index contributed by atoms with van der Waals surface area (Å²) >= 11 is 2.07. The minimum absolute atomic E-state index is 0.660. The number of hydrogen-bond donors (Lipinski definition) is 1. The molecule has 0 aromatic heterocycles. The van der Waals surface area contributed by atoms with Gasteiger partial charge in [-0.3, -0.25) is 0 Å². The molecule has 0 aromatic carbocycles. The van der Waals surface area contributed by atoms with Crippen LogP contribution in [0.2, 0.25) is 0 Å². The minimum Gasteiger partial charge on any atom is -0.375 e. The van der Waals surface area contributed by atoms with Gasteiger partial charge in [0.2, 0.25) is 0 Å². The Morgan fingerprint density at radius 3 is 2.75 bits per heavy atom. The van der Waals surface area contributed by atoms with Gasteiger partial charge in [-0.2, -0.15) is 0 Å². The summed E-state index contributed by atoms with van der Waals surface area (Å²) in [5.41, 5.74) is 1.56. The van der Waals surface area contributed by atoms with Crippen LogP contribution >= 0.6 is 11.8 Å². The fourth-order valence-corrected chi connectivity index (χ4v) is 3.16. The van der Waals surface area contributed by atoms with Crippen LogP contribution in [-0.2, 0) is 0 Å². The third-order valence-electron chi connectivity index (χ3n) is 2.61. The first-order chi connectivity index (χ1) is 5.77. The highest BCUT2D eigenvalue weighted by Gasteiger charge is 2.27. The first kappa shape index (κ1) is 8.49. The van der Waals surface area contributed by atoms with Crippen LogP contribution in [-0.4, -0.2) is 5.37 Å². The van der Waals surface area contributed by atoms with Gasteiger partial charge in [-0.25, -0.2) is 0 Å². The van der Waals surface area contributed by atoms with E-state index in [9.17, 15) is 0 Å². The van der Waals surface area contributed by atoms with Gasteiger partial charge in [0.25, 0.3) is 0 Å². The summed E-state index contributed by atoms with van der Waals surface area (Å²) < 4.78 is 0. The van der Waals surface area contributed by atoms with Crippen LogP contribution in [0.4, 0.5) is 0 Å². The van der Waals surface area contributed by atoms with Crippen LogP contribution in [0.3, 0.4) is 0 Å². The molecule has 1 aliphatic heterocycles. The molecule has 2 heteroatoms. The number of thioether (sulfide) groups is 1. The van der Waals surface area contributed by atoms with Gasteiger partial charge >= 0.3 is 0 Å². The Morgan fingerprint density at radius 2 is 2.08 bits per heavy atom. The zero-order chi connectivity index (χ0) is 8.55. The van der Waals surface area contributed by atoms with E-state index in [4.69, 9.17) is 0 Å². The van der Waals surface area contributed by atoms with Crippen molar-refractivity contribution in [2.75, 3.05) is 0 Å². The van der Waals surface area contributed by atoms with Crippen molar-refractivity contribution >= 4 is 11.8 Å². The van der Waals surface area contributed by atoms with Crippen molar-refractivity contribution in [3.8, 4) is 0 Å². The molecule has 1 heterocycles. The standard InChI is InChI=1S/C10H17NS/c1-7(2)10-11-8-5-3-4-6-9(8)12-10/h7,10-11H,3-6H2,1-2H3. The second kappa shape index (κ2) is 3.33. The van der Waals surface area contributed by atoms with E-state index in [2.05, 4.69) is 30.9 Å². The normalized spacial score (nSPS) is 29.1. The molecule has 0 radical (unpaired) electrons. The van der Waals surface area contributed by atoms with Gasteiger partial charge in [-0.15, -0.1) is 11.8 Å². The molecule has 0 spiro atoms. The van der Waals surface area contributed by atoms with E-state index >= 15 is 0 Å². The highest BCUT2D eigenvalue weighted by atomic mass is 32.2. The predicted molar refractivity (Wildman–Crippen MR) is 54.8 cm³/mol. The SMILES string of the molecule is CC(C)C1NC2=C(CCCC2)S1. The maximum Gasteiger partial charge on any atom is 0.0786 e. The van der Waals surface area contributed by atoms with Gasteiger partial charge in [0.05, 0.1) is 5.37 Å². The number of rotatable bonds is 1. The Morgan fingerprint density at radius 1 is 1.33 bits per heavy atom. The molecule has 1 unspecified atom stereocenters. The summed E-state index contributed by atoms with van der Waals surface area (Å²) in [7, 11) is 0. The number of allylic oxidation sites excluding steroid dienone is 2. The topological polar surface area (TPSA) is 12.0 Å². The van der Waals surface area contributed by atoms with Gasteiger partial charge in [0, 0.05) is 10.6 Å². The quantitative estimate of drug-likeness (QED) is 0.670. The summed E-state index contributed by atoms with van der Waals surface area (Å²) in [6.45, 7) is 4.59. The minimum atomic E-state index is 0.660. The summed E-state index contributed by atoms with van der Waals surface area (Å²) in [5, 5.41) is 4.30. The van der Waals surface area contributed by atoms with Crippen LogP contribution in [0.5, 0.6) is 0 Å². The van der Waals surface area contributed by atoms with Gasteiger partial charge < -0.3 is 5.32 Å². The lowest BCUT2D eigenvalue weighted by Gasteiger charge is -2.15. The molecule has 0 fully saturated rings. The highest BCUT2D eigenvalue weighted by molar-refractivity contribution is 8.03. The first-order valence-electron chi connectivity index (χ1n) is 4.92. The molecule has 0 saturated carbocycles. The second-order valence-corrected chi connectivity index (χ2v) is 5.27. The molecule has 1 N–H and O–H groups in total. The molecule has 0 amide bonds. The van der Waals surface area contributed by atoms with E-state index in [1.54, 1.807) is 10.6 Å². The van der Waals surface area contributed by atoms with Crippen LogP contribution in [0.25, 0.3) is 0 Å². The third kappa shape index (κ3) is 1.49. The Kier molecular flexibility index (Phi) is 2.35. The summed E-state index contributed by atoms with van der Waals surface area (Å²) in [6.07, 6.45) is 5.41. The average molecular weight is 183 g/mol. The van der Waals surface area contributed by atoms with Gasteiger partial charge in [-0.05, 0) is 31.6 Å². The van der Waals surface area contributed by atoms with Crippen molar-refractivity contribution < 1.29 is 0 Å². The Bertz CT molecular complexity index is 190. The van der Waals surface area contributed by atoms with Crippen molar-refractivity contribution in [3.05, 3.63) is 10.6 Å². The first-order valence-corrected chi connectivity index (χ1v) is 5.80. The van der Waals surface area contributed by atoms with Gasteiger partial charge in [0.15, 0.2) is 0 Å². The molecule has 0 aromatic rings.